The molecule has 28 heavy (non-hydrogen) atoms. The Bertz CT molecular complexity index is 787. The topological polar surface area (TPSA) is 34.1 Å². The van der Waals surface area contributed by atoms with Gasteiger partial charge in [0.05, 0.1) is 0 Å². The molecule has 2 aliphatic carbocycles. The van der Waals surface area contributed by atoms with Gasteiger partial charge in [-0.25, -0.2) is 0 Å². The highest BCUT2D eigenvalue weighted by atomic mass is 16.1. The number of carbonyl (C=O) groups is 2. The Morgan fingerprint density at radius 3 is 2.21 bits per heavy atom. The van der Waals surface area contributed by atoms with Gasteiger partial charge in [-0.05, 0) is 60.3 Å². The van der Waals surface area contributed by atoms with E-state index < -0.39 is 0 Å². The van der Waals surface area contributed by atoms with E-state index in [-0.39, 0.29) is 23.0 Å². The van der Waals surface area contributed by atoms with Crippen LogP contribution in [0.15, 0.2) is 42.0 Å². The van der Waals surface area contributed by atoms with Gasteiger partial charge in [0, 0.05) is 24.7 Å². The van der Waals surface area contributed by atoms with Crippen LogP contribution < -0.4 is 0 Å². The van der Waals surface area contributed by atoms with Crippen LogP contribution in [0, 0.1) is 17.3 Å². The first-order valence-electron chi connectivity index (χ1n) is 10.8. The molecule has 2 heteroatoms. The average molecular weight is 379 g/mol. The Morgan fingerprint density at radius 2 is 1.64 bits per heavy atom. The molecule has 150 valence electrons. The number of hydrogen-bond acceptors (Lipinski definition) is 2. The zero-order valence-corrected chi connectivity index (χ0v) is 17.9. The van der Waals surface area contributed by atoms with Gasteiger partial charge in [-0.3, -0.25) is 9.59 Å². The molecule has 2 atom stereocenters. The number of hydrogen-bond donors (Lipinski definition) is 0. The van der Waals surface area contributed by atoms with E-state index in [0.717, 1.165) is 32.1 Å². The number of benzene rings is 1. The lowest BCUT2D eigenvalue weighted by molar-refractivity contribution is -0.132. The minimum absolute atomic E-state index is 0.00233. The maximum atomic E-state index is 12.9. The third kappa shape index (κ3) is 5.10. The summed E-state index contributed by atoms with van der Waals surface area (Å²) in [7, 11) is 0. The second kappa shape index (κ2) is 8.59. The first-order valence-corrected chi connectivity index (χ1v) is 10.8. The number of Topliss-reactive ketones (excluding diaryl/α,β-unsaturated/α-hetero) is 2. The summed E-state index contributed by atoms with van der Waals surface area (Å²) in [6.07, 6.45) is 10.1. The van der Waals surface area contributed by atoms with Crippen molar-refractivity contribution >= 4 is 17.1 Å². The van der Waals surface area contributed by atoms with E-state index in [1.165, 1.54) is 22.3 Å². The van der Waals surface area contributed by atoms with Crippen LogP contribution in [0.2, 0.25) is 0 Å². The van der Waals surface area contributed by atoms with Gasteiger partial charge in [0.1, 0.15) is 11.6 Å². The number of carbonyl (C=O) groups excluding carboxylic acids is 2. The van der Waals surface area contributed by atoms with Crippen LogP contribution in [0.3, 0.4) is 0 Å². The predicted octanol–water partition coefficient (Wildman–Crippen LogP) is 6.34. The van der Waals surface area contributed by atoms with Crippen molar-refractivity contribution in [3.05, 3.63) is 53.1 Å². The predicted molar refractivity (Wildman–Crippen MR) is 116 cm³/mol. The Kier molecular flexibility index (Phi) is 6.37. The molecule has 0 N–H and O–H groups in total. The molecule has 0 aromatic heterocycles. The lowest BCUT2D eigenvalue weighted by Crippen LogP contribution is -2.28. The van der Waals surface area contributed by atoms with Crippen molar-refractivity contribution in [3.63, 3.8) is 0 Å². The van der Waals surface area contributed by atoms with Crippen LogP contribution in [0.1, 0.15) is 77.3 Å². The van der Waals surface area contributed by atoms with Gasteiger partial charge in [0.25, 0.3) is 0 Å². The van der Waals surface area contributed by atoms with Crippen molar-refractivity contribution in [2.75, 3.05) is 0 Å². The van der Waals surface area contributed by atoms with Gasteiger partial charge in [-0.2, -0.15) is 0 Å². The molecule has 0 heterocycles. The zero-order chi connectivity index (χ0) is 20.3. The Hall–Kier alpha value is -1.96. The summed E-state index contributed by atoms with van der Waals surface area (Å²) in [4.78, 5) is 25.5. The Morgan fingerprint density at radius 1 is 1.00 bits per heavy atom. The highest BCUT2D eigenvalue weighted by molar-refractivity contribution is 5.90. The second-order valence-corrected chi connectivity index (χ2v) is 9.78. The largest absolute Gasteiger partial charge is 0.299 e. The summed E-state index contributed by atoms with van der Waals surface area (Å²) in [5.74, 6) is 0.485. The maximum absolute atomic E-state index is 12.9. The van der Waals surface area contributed by atoms with E-state index in [4.69, 9.17) is 0 Å². The molecule has 1 saturated carbocycles. The molecular weight excluding hydrogens is 344 g/mol. The molecule has 1 aromatic carbocycles. The van der Waals surface area contributed by atoms with E-state index in [2.05, 4.69) is 64.1 Å². The van der Waals surface area contributed by atoms with Crippen LogP contribution in [0.5, 0.6) is 0 Å². The number of aryl methyl sites for hydroxylation is 1. The molecule has 2 aliphatic rings. The third-order valence-electron chi connectivity index (χ3n) is 6.18. The molecule has 3 rings (SSSR count). The molecule has 0 bridgehead atoms. The highest BCUT2D eigenvalue weighted by Crippen LogP contribution is 2.37. The van der Waals surface area contributed by atoms with Gasteiger partial charge in [0.2, 0.25) is 0 Å². The van der Waals surface area contributed by atoms with E-state index >= 15 is 0 Å². The summed E-state index contributed by atoms with van der Waals surface area (Å²) in [5, 5.41) is 0. The first kappa shape index (κ1) is 20.8. The van der Waals surface area contributed by atoms with Gasteiger partial charge in [-0.15, -0.1) is 0 Å². The van der Waals surface area contributed by atoms with Gasteiger partial charge >= 0.3 is 0 Å². The molecular formula is C26H34O2. The molecule has 0 saturated heterocycles. The van der Waals surface area contributed by atoms with Crippen molar-refractivity contribution in [3.8, 4) is 0 Å². The van der Waals surface area contributed by atoms with Crippen molar-refractivity contribution in [2.45, 2.75) is 72.6 Å². The van der Waals surface area contributed by atoms with Crippen LogP contribution in [-0.4, -0.2) is 11.6 Å². The minimum Gasteiger partial charge on any atom is -0.299 e. The molecule has 0 radical (unpaired) electrons. The summed E-state index contributed by atoms with van der Waals surface area (Å²) in [6.45, 7) is 8.45. The number of allylic oxidation sites excluding steroid dienone is 4. The summed E-state index contributed by atoms with van der Waals surface area (Å²) in [6, 6.07) is 8.66. The minimum atomic E-state index is -0.0495. The molecule has 0 spiro atoms. The van der Waals surface area contributed by atoms with E-state index in [9.17, 15) is 9.59 Å². The monoisotopic (exact) mass is 378 g/mol. The summed E-state index contributed by atoms with van der Waals surface area (Å²) < 4.78 is 0. The van der Waals surface area contributed by atoms with Crippen molar-refractivity contribution in [1.29, 1.82) is 0 Å². The number of ketones is 2. The van der Waals surface area contributed by atoms with Gasteiger partial charge in [0.15, 0.2) is 0 Å². The molecule has 1 unspecified atom stereocenters. The molecule has 2 nitrogen and oxygen atoms in total. The van der Waals surface area contributed by atoms with Gasteiger partial charge < -0.3 is 0 Å². The normalized spacial score (nSPS) is 22.1. The maximum Gasteiger partial charge on any atom is 0.137 e. The molecule has 0 amide bonds. The standard InChI is InChI=1S/C26H34O2/c1-18-7-5-8-21(18)20-14-11-19(12-15-20)13-16-24(27)22-9-6-10-23(22)25(28)17-26(2,3)4/h5,7,11-12,14-15,22-23H,6,8-10,13,16-17H2,1-4H3/t22-,23?/m1/s1. The SMILES string of the molecule is CC1=C(c2ccc(CCC(=O)[C@@H]3CCCC3C(=O)CC(C)(C)C)cc2)CC=C1. The van der Waals surface area contributed by atoms with Crippen LogP contribution >= 0.6 is 0 Å². The lowest BCUT2D eigenvalue weighted by Gasteiger charge is -2.23. The van der Waals surface area contributed by atoms with E-state index in [0.29, 0.717) is 18.6 Å². The van der Waals surface area contributed by atoms with Crippen molar-refractivity contribution in [2.24, 2.45) is 17.3 Å². The molecule has 0 aliphatic heterocycles. The van der Waals surface area contributed by atoms with E-state index in [1.807, 2.05) is 0 Å². The quantitative estimate of drug-likeness (QED) is 0.554. The fraction of sp³-hybridized carbons (Fsp3) is 0.538. The molecule has 1 fully saturated rings. The fourth-order valence-electron chi connectivity index (χ4n) is 4.67. The average Bonchev–Trinajstić information content (AvgIpc) is 3.28. The lowest BCUT2D eigenvalue weighted by atomic mass is 9.80. The van der Waals surface area contributed by atoms with Crippen molar-refractivity contribution < 1.29 is 9.59 Å². The van der Waals surface area contributed by atoms with Crippen LogP contribution in [0.25, 0.3) is 5.57 Å². The van der Waals surface area contributed by atoms with Crippen LogP contribution in [0.4, 0.5) is 0 Å². The zero-order valence-electron chi connectivity index (χ0n) is 17.9. The Labute approximate surface area is 170 Å². The second-order valence-electron chi connectivity index (χ2n) is 9.78. The van der Waals surface area contributed by atoms with Crippen molar-refractivity contribution in [1.82, 2.24) is 0 Å². The third-order valence-corrected chi connectivity index (χ3v) is 6.18. The first-order chi connectivity index (χ1) is 13.2. The molecule has 1 aromatic rings. The number of rotatable bonds is 7. The summed E-state index contributed by atoms with van der Waals surface area (Å²) >= 11 is 0. The summed E-state index contributed by atoms with van der Waals surface area (Å²) in [5.41, 5.74) is 5.22. The highest BCUT2D eigenvalue weighted by Gasteiger charge is 2.37. The van der Waals surface area contributed by atoms with Crippen LogP contribution in [-0.2, 0) is 16.0 Å². The van der Waals surface area contributed by atoms with E-state index in [1.54, 1.807) is 0 Å². The smallest absolute Gasteiger partial charge is 0.137 e. The Balaban J connectivity index is 1.56. The fourth-order valence-corrected chi connectivity index (χ4v) is 4.67. The van der Waals surface area contributed by atoms with Gasteiger partial charge in [-0.1, -0.05) is 63.6 Å².